The van der Waals surface area contributed by atoms with E-state index in [0.29, 0.717) is 17.3 Å². The lowest BCUT2D eigenvalue weighted by Crippen LogP contribution is -1.95. The monoisotopic (exact) mass is 292 g/mol. The van der Waals surface area contributed by atoms with Crippen molar-refractivity contribution >= 4 is 23.1 Å². The summed E-state index contributed by atoms with van der Waals surface area (Å²) in [5.41, 5.74) is 6.54. The fourth-order valence-corrected chi connectivity index (χ4v) is 3.31. The van der Waals surface area contributed by atoms with E-state index in [1.165, 1.54) is 18.2 Å². The van der Waals surface area contributed by atoms with Crippen LogP contribution in [0.4, 0.5) is 11.4 Å². The molecule has 0 bridgehead atoms. The van der Waals surface area contributed by atoms with E-state index in [2.05, 4.69) is 10.1 Å². The van der Waals surface area contributed by atoms with Gasteiger partial charge in [0.05, 0.1) is 21.4 Å². The summed E-state index contributed by atoms with van der Waals surface area (Å²) in [6.45, 7) is 0. The molecule has 2 aromatic rings. The van der Waals surface area contributed by atoms with Crippen LogP contribution in [-0.2, 0) is 0 Å². The second-order valence-electron chi connectivity index (χ2n) is 4.49. The Kier molecular flexibility index (Phi) is 3.31. The molecule has 0 aliphatic carbocycles. The molecule has 7 nitrogen and oxygen atoms in total. The third-order valence-corrected chi connectivity index (χ3v) is 4.51. The molecule has 104 valence electrons. The number of nitrogens with two attached hydrogens (primary N) is 1. The van der Waals surface area contributed by atoms with Crippen LogP contribution >= 0.6 is 11.8 Å². The molecular formula is C12H12N4O3S. The smallest absolute Gasteiger partial charge is 0.271 e. The zero-order valence-electron chi connectivity index (χ0n) is 10.5. The van der Waals surface area contributed by atoms with Crippen molar-refractivity contribution in [2.24, 2.45) is 0 Å². The van der Waals surface area contributed by atoms with E-state index in [1.807, 2.05) is 11.8 Å². The van der Waals surface area contributed by atoms with Gasteiger partial charge in [-0.1, -0.05) is 5.16 Å². The summed E-state index contributed by atoms with van der Waals surface area (Å²) in [6.07, 6.45) is 2.19. The maximum atomic E-state index is 10.7. The number of thioether (sulfide) groups is 1. The highest BCUT2D eigenvalue weighted by Crippen LogP contribution is 2.39. The van der Waals surface area contributed by atoms with Crippen molar-refractivity contribution in [2.45, 2.75) is 18.1 Å². The van der Waals surface area contributed by atoms with E-state index in [4.69, 9.17) is 10.3 Å². The number of hydrogen-bond donors (Lipinski definition) is 1. The van der Waals surface area contributed by atoms with Crippen molar-refractivity contribution in [2.75, 3.05) is 11.5 Å². The van der Waals surface area contributed by atoms with E-state index in [0.717, 1.165) is 18.6 Å². The van der Waals surface area contributed by atoms with Crippen molar-refractivity contribution in [1.82, 2.24) is 10.1 Å². The lowest BCUT2D eigenvalue weighted by atomic mass is 10.1. The first kappa shape index (κ1) is 12.9. The van der Waals surface area contributed by atoms with Crippen molar-refractivity contribution in [3.8, 4) is 11.5 Å². The molecule has 1 aromatic heterocycles. The number of non-ortho nitro benzene ring substituents is 1. The lowest BCUT2D eigenvalue weighted by Gasteiger charge is -2.01. The van der Waals surface area contributed by atoms with Gasteiger partial charge in [-0.3, -0.25) is 10.1 Å². The zero-order valence-corrected chi connectivity index (χ0v) is 11.3. The van der Waals surface area contributed by atoms with E-state index >= 15 is 0 Å². The Morgan fingerprint density at radius 2 is 2.35 bits per heavy atom. The van der Waals surface area contributed by atoms with Gasteiger partial charge in [0.15, 0.2) is 5.82 Å². The van der Waals surface area contributed by atoms with Gasteiger partial charge in [-0.15, -0.1) is 0 Å². The van der Waals surface area contributed by atoms with Crippen molar-refractivity contribution < 1.29 is 9.45 Å². The minimum atomic E-state index is -0.492. The summed E-state index contributed by atoms with van der Waals surface area (Å²) in [5.74, 6) is 2.08. The molecule has 0 radical (unpaired) electrons. The number of anilines is 1. The predicted molar refractivity (Wildman–Crippen MR) is 75.2 cm³/mol. The molecule has 1 saturated heterocycles. The molecular weight excluding hydrogens is 280 g/mol. The highest BCUT2D eigenvalue weighted by molar-refractivity contribution is 7.99. The number of rotatable bonds is 3. The lowest BCUT2D eigenvalue weighted by molar-refractivity contribution is -0.384. The number of benzene rings is 1. The second-order valence-corrected chi connectivity index (χ2v) is 5.80. The third kappa shape index (κ3) is 2.34. The van der Waals surface area contributed by atoms with Crippen LogP contribution in [0.15, 0.2) is 22.7 Å². The minimum Gasteiger partial charge on any atom is -0.398 e. The third-order valence-electron chi connectivity index (χ3n) is 3.14. The Bertz CT molecular complexity index is 652. The summed E-state index contributed by atoms with van der Waals surface area (Å²) >= 11 is 1.81. The van der Waals surface area contributed by atoms with E-state index in [1.54, 1.807) is 0 Å². The summed E-state index contributed by atoms with van der Waals surface area (Å²) in [5, 5.41) is 14.9. The van der Waals surface area contributed by atoms with Crippen LogP contribution in [0.1, 0.15) is 23.9 Å². The van der Waals surface area contributed by atoms with Crippen LogP contribution < -0.4 is 5.73 Å². The SMILES string of the molecule is Nc1cc([N+](=O)[O-])ccc1-c1nc(C2CCCS2)no1. The molecule has 2 N–H and O–H groups in total. The zero-order chi connectivity index (χ0) is 14.1. The normalized spacial score (nSPS) is 18.3. The molecule has 1 aliphatic heterocycles. The van der Waals surface area contributed by atoms with Gasteiger partial charge in [-0.2, -0.15) is 16.7 Å². The van der Waals surface area contributed by atoms with Crippen LogP contribution in [0, 0.1) is 10.1 Å². The maximum absolute atomic E-state index is 10.7. The Balaban J connectivity index is 1.91. The molecule has 1 atom stereocenters. The van der Waals surface area contributed by atoms with Gasteiger partial charge in [0.2, 0.25) is 0 Å². The standard InChI is InChI=1S/C12H12N4O3S/c13-9-6-7(16(17)18)3-4-8(9)12-14-11(15-19-12)10-2-1-5-20-10/h3-4,6,10H,1-2,5,13H2. The van der Waals surface area contributed by atoms with Gasteiger partial charge < -0.3 is 10.3 Å². The Morgan fingerprint density at radius 3 is 3.00 bits per heavy atom. The number of hydrogen-bond acceptors (Lipinski definition) is 7. The van der Waals surface area contributed by atoms with E-state index in [9.17, 15) is 10.1 Å². The van der Waals surface area contributed by atoms with Crippen LogP contribution in [-0.4, -0.2) is 20.8 Å². The van der Waals surface area contributed by atoms with Gasteiger partial charge in [0, 0.05) is 12.1 Å². The maximum Gasteiger partial charge on any atom is 0.271 e. The number of nitro groups is 1. The van der Waals surface area contributed by atoms with Crippen LogP contribution in [0.2, 0.25) is 0 Å². The Hall–Kier alpha value is -2.09. The number of nitrogens with zero attached hydrogens (tertiary/aromatic N) is 3. The number of nitro benzene ring substituents is 1. The molecule has 2 heterocycles. The summed E-state index contributed by atoms with van der Waals surface area (Å²) in [6, 6.07) is 4.20. The van der Waals surface area contributed by atoms with E-state index in [-0.39, 0.29) is 16.6 Å². The molecule has 1 aromatic carbocycles. The highest BCUT2D eigenvalue weighted by atomic mass is 32.2. The number of aromatic nitrogens is 2. The molecule has 1 aliphatic rings. The molecule has 3 rings (SSSR count). The summed E-state index contributed by atoms with van der Waals surface area (Å²) < 4.78 is 5.22. The van der Waals surface area contributed by atoms with Crippen LogP contribution in [0.3, 0.4) is 0 Å². The first-order valence-corrected chi connectivity index (χ1v) is 7.19. The van der Waals surface area contributed by atoms with Gasteiger partial charge in [-0.05, 0) is 24.7 Å². The minimum absolute atomic E-state index is 0.0580. The fraction of sp³-hybridized carbons (Fsp3) is 0.333. The van der Waals surface area contributed by atoms with Gasteiger partial charge in [0.1, 0.15) is 0 Å². The van der Waals surface area contributed by atoms with Crippen molar-refractivity contribution in [3.63, 3.8) is 0 Å². The van der Waals surface area contributed by atoms with Crippen LogP contribution in [0.25, 0.3) is 11.5 Å². The Labute approximate surface area is 118 Å². The van der Waals surface area contributed by atoms with Crippen LogP contribution in [0.5, 0.6) is 0 Å². The molecule has 8 heteroatoms. The van der Waals surface area contributed by atoms with Gasteiger partial charge in [-0.25, -0.2) is 0 Å². The van der Waals surface area contributed by atoms with Crippen molar-refractivity contribution in [1.29, 1.82) is 0 Å². The average Bonchev–Trinajstić information content (AvgIpc) is 3.09. The molecule has 0 saturated carbocycles. The topological polar surface area (TPSA) is 108 Å². The molecule has 20 heavy (non-hydrogen) atoms. The fourth-order valence-electron chi connectivity index (χ4n) is 2.11. The first-order chi connectivity index (χ1) is 9.65. The first-order valence-electron chi connectivity index (χ1n) is 6.14. The van der Waals surface area contributed by atoms with Gasteiger partial charge >= 0.3 is 0 Å². The number of nitrogen functional groups attached to an aromatic ring is 1. The van der Waals surface area contributed by atoms with Crippen molar-refractivity contribution in [3.05, 3.63) is 34.1 Å². The summed E-state index contributed by atoms with van der Waals surface area (Å²) in [4.78, 5) is 14.5. The second kappa shape index (κ2) is 5.12. The molecule has 0 amide bonds. The summed E-state index contributed by atoms with van der Waals surface area (Å²) in [7, 11) is 0. The highest BCUT2D eigenvalue weighted by Gasteiger charge is 2.24. The molecule has 1 unspecified atom stereocenters. The van der Waals surface area contributed by atoms with Gasteiger partial charge in [0.25, 0.3) is 11.6 Å². The Morgan fingerprint density at radius 1 is 1.50 bits per heavy atom. The predicted octanol–water partition coefficient (Wildman–Crippen LogP) is 2.80. The quantitative estimate of drug-likeness (QED) is 0.526. The van der Waals surface area contributed by atoms with E-state index < -0.39 is 4.92 Å². The molecule has 0 spiro atoms. The molecule has 1 fully saturated rings. The largest absolute Gasteiger partial charge is 0.398 e. The average molecular weight is 292 g/mol.